The van der Waals surface area contributed by atoms with Crippen LogP contribution in [-0.2, 0) is 9.53 Å². The van der Waals surface area contributed by atoms with Crippen molar-refractivity contribution in [1.82, 2.24) is 9.80 Å². The minimum absolute atomic E-state index is 0.0958. The first kappa shape index (κ1) is 23.6. The second kappa shape index (κ2) is 11.5. The Balaban J connectivity index is 1.63. The predicted octanol–water partition coefficient (Wildman–Crippen LogP) is 3.43. The molecule has 0 spiro atoms. The van der Waals surface area contributed by atoms with Crippen molar-refractivity contribution < 1.29 is 14.3 Å². The van der Waals surface area contributed by atoms with Crippen molar-refractivity contribution in [2.75, 3.05) is 64.9 Å². The zero-order chi connectivity index (χ0) is 22.2. The molecule has 2 saturated heterocycles. The number of methoxy groups -OCH3 is 2. The quantitative estimate of drug-likeness (QED) is 0.466. The van der Waals surface area contributed by atoms with Crippen LogP contribution in [0.3, 0.4) is 0 Å². The van der Waals surface area contributed by atoms with Gasteiger partial charge in [-0.3, -0.25) is 14.6 Å². The molecule has 172 valence electrons. The van der Waals surface area contributed by atoms with Gasteiger partial charge < -0.3 is 14.4 Å². The predicted molar refractivity (Wildman–Crippen MR) is 126 cm³/mol. The van der Waals surface area contributed by atoms with Gasteiger partial charge in [-0.25, -0.2) is 0 Å². The van der Waals surface area contributed by atoms with E-state index in [9.17, 15) is 4.79 Å². The third-order valence-electron chi connectivity index (χ3n) is 6.90. The molecule has 0 radical (unpaired) electrons. The van der Waals surface area contributed by atoms with Gasteiger partial charge in [0.2, 0.25) is 0 Å². The summed E-state index contributed by atoms with van der Waals surface area (Å²) in [5.74, 6) is 1.34. The lowest BCUT2D eigenvalue weighted by molar-refractivity contribution is -0.141. The second-order valence-electron chi connectivity index (χ2n) is 8.80. The lowest BCUT2D eigenvalue weighted by atomic mass is 9.86. The summed E-state index contributed by atoms with van der Waals surface area (Å²) in [5.41, 5.74) is 2.60. The third kappa shape index (κ3) is 6.23. The van der Waals surface area contributed by atoms with Gasteiger partial charge in [0.15, 0.2) is 0 Å². The smallest absolute Gasteiger partial charge is 0.305 e. The maximum Gasteiger partial charge on any atom is 0.305 e. The van der Waals surface area contributed by atoms with E-state index in [0.29, 0.717) is 18.4 Å². The number of allylic oxidation sites excluding steroid dienone is 1. The van der Waals surface area contributed by atoms with Crippen molar-refractivity contribution in [3.8, 4) is 5.75 Å². The summed E-state index contributed by atoms with van der Waals surface area (Å²) < 4.78 is 10.5. The first-order valence-corrected chi connectivity index (χ1v) is 11.6. The van der Waals surface area contributed by atoms with Crippen LogP contribution in [0, 0.1) is 5.92 Å². The van der Waals surface area contributed by atoms with Crippen LogP contribution in [-0.4, -0.2) is 81.8 Å². The number of esters is 1. The van der Waals surface area contributed by atoms with E-state index < -0.39 is 0 Å². The maximum atomic E-state index is 11.8. The van der Waals surface area contributed by atoms with E-state index in [1.807, 2.05) is 12.1 Å². The summed E-state index contributed by atoms with van der Waals surface area (Å²) in [4.78, 5) is 19.5. The Kier molecular flexibility index (Phi) is 8.79. The summed E-state index contributed by atoms with van der Waals surface area (Å²) in [6.07, 6.45) is 4.77. The first-order chi connectivity index (χ1) is 15.0. The number of hydrogen-bond donors (Lipinski definition) is 0. The number of benzene rings is 1. The standard InChI is InChI=1S/C25H39N3O3/c1-5-20(2)18-26-13-12-22(21(19-26)10-11-25(29)31-4)27-14-16-28(17-15-27)23-8-6-7-9-24(23)30-3/h5-9,21-22H,10-19H2,1-4H3/b20-5+/t21-,22+/m1/s1. The van der Waals surface area contributed by atoms with Crippen LogP contribution in [0.4, 0.5) is 5.69 Å². The highest BCUT2D eigenvalue weighted by atomic mass is 16.5. The van der Waals surface area contributed by atoms with Crippen LogP contribution in [0.2, 0.25) is 0 Å². The average Bonchev–Trinajstić information content (AvgIpc) is 2.82. The van der Waals surface area contributed by atoms with Crippen LogP contribution in [0.15, 0.2) is 35.9 Å². The molecular weight excluding hydrogens is 390 g/mol. The van der Waals surface area contributed by atoms with Crippen molar-refractivity contribution in [2.45, 2.75) is 39.2 Å². The number of carbonyl (C=O) groups is 1. The van der Waals surface area contributed by atoms with Gasteiger partial charge in [-0.2, -0.15) is 0 Å². The molecule has 2 aliphatic heterocycles. The van der Waals surface area contributed by atoms with E-state index >= 15 is 0 Å². The van der Waals surface area contributed by atoms with Gasteiger partial charge in [-0.05, 0) is 51.3 Å². The van der Waals surface area contributed by atoms with Gasteiger partial charge in [0.05, 0.1) is 19.9 Å². The summed E-state index contributed by atoms with van der Waals surface area (Å²) >= 11 is 0. The fourth-order valence-corrected chi connectivity index (χ4v) is 5.04. The molecule has 2 aliphatic rings. The molecule has 31 heavy (non-hydrogen) atoms. The van der Waals surface area contributed by atoms with E-state index in [-0.39, 0.29) is 5.97 Å². The van der Waals surface area contributed by atoms with E-state index in [2.05, 4.69) is 46.8 Å². The maximum absolute atomic E-state index is 11.8. The molecule has 0 aliphatic carbocycles. The van der Waals surface area contributed by atoms with Gasteiger partial charge in [0.1, 0.15) is 5.75 Å². The number of likely N-dealkylation sites (tertiary alicyclic amines) is 1. The highest BCUT2D eigenvalue weighted by molar-refractivity contribution is 5.69. The van der Waals surface area contributed by atoms with Crippen molar-refractivity contribution in [3.63, 3.8) is 0 Å². The number of anilines is 1. The number of hydrogen-bond acceptors (Lipinski definition) is 6. The van der Waals surface area contributed by atoms with Crippen molar-refractivity contribution in [1.29, 1.82) is 0 Å². The van der Waals surface area contributed by atoms with Gasteiger partial charge in [0, 0.05) is 51.7 Å². The molecule has 0 saturated carbocycles. The fourth-order valence-electron chi connectivity index (χ4n) is 5.04. The Bertz CT molecular complexity index is 743. The van der Waals surface area contributed by atoms with Gasteiger partial charge in [-0.1, -0.05) is 23.8 Å². The molecule has 6 nitrogen and oxygen atoms in total. The second-order valence-corrected chi connectivity index (χ2v) is 8.80. The van der Waals surface area contributed by atoms with Gasteiger partial charge in [-0.15, -0.1) is 0 Å². The lowest BCUT2D eigenvalue weighted by Crippen LogP contribution is -2.57. The molecule has 0 amide bonds. The van der Waals surface area contributed by atoms with E-state index in [1.165, 1.54) is 18.4 Å². The molecule has 2 atom stereocenters. The van der Waals surface area contributed by atoms with Crippen LogP contribution in [0.25, 0.3) is 0 Å². The number of ether oxygens (including phenoxy) is 2. The van der Waals surface area contributed by atoms with Gasteiger partial charge in [0.25, 0.3) is 0 Å². The monoisotopic (exact) mass is 429 g/mol. The molecule has 0 aromatic heterocycles. The summed E-state index contributed by atoms with van der Waals surface area (Å²) in [7, 11) is 3.23. The van der Waals surface area contributed by atoms with E-state index in [1.54, 1.807) is 7.11 Å². The Labute approximate surface area is 187 Å². The molecule has 2 fully saturated rings. The van der Waals surface area contributed by atoms with Crippen LogP contribution in [0.1, 0.15) is 33.1 Å². The number of carbonyl (C=O) groups excluding carboxylic acids is 1. The van der Waals surface area contributed by atoms with E-state index in [4.69, 9.17) is 9.47 Å². The summed E-state index contributed by atoms with van der Waals surface area (Å²) in [6.45, 7) is 11.6. The number of piperidine rings is 1. The Morgan fingerprint density at radius 1 is 1.13 bits per heavy atom. The lowest BCUT2D eigenvalue weighted by Gasteiger charge is -2.47. The fraction of sp³-hybridized carbons (Fsp3) is 0.640. The molecule has 0 unspecified atom stereocenters. The Morgan fingerprint density at radius 2 is 1.87 bits per heavy atom. The number of piperazine rings is 1. The zero-order valence-electron chi connectivity index (χ0n) is 19.7. The Hall–Kier alpha value is -2.05. The topological polar surface area (TPSA) is 45.2 Å². The molecule has 3 rings (SSSR count). The molecule has 0 bridgehead atoms. The minimum Gasteiger partial charge on any atom is -0.495 e. The molecule has 0 N–H and O–H groups in total. The van der Waals surface area contributed by atoms with Gasteiger partial charge >= 0.3 is 5.97 Å². The zero-order valence-corrected chi connectivity index (χ0v) is 19.7. The molecular formula is C25H39N3O3. The highest BCUT2D eigenvalue weighted by Crippen LogP contribution is 2.31. The normalized spacial score (nSPS) is 23.6. The number of para-hydroxylation sites is 2. The number of nitrogens with zero attached hydrogens (tertiary/aromatic N) is 3. The highest BCUT2D eigenvalue weighted by Gasteiger charge is 2.35. The van der Waals surface area contributed by atoms with Crippen LogP contribution >= 0.6 is 0 Å². The first-order valence-electron chi connectivity index (χ1n) is 11.6. The molecule has 1 aromatic rings. The van der Waals surface area contributed by atoms with Crippen molar-refractivity contribution >= 4 is 11.7 Å². The SMILES string of the molecule is C/C=C(\C)CN1CC[C@H](N2CCN(c3ccccc3OC)CC2)[C@H](CCC(=O)OC)C1. The summed E-state index contributed by atoms with van der Waals surface area (Å²) in [5, 5.41) is 0. The Morgan fingerprint density at radius 3 is 2.55 bits per heavy atom. The largest absolute Gasteiger partial charge is 0.495 e. The van der Waals surface area contributed by atoms with Crippen molar-refractivity contribution in [3.05, 3.63) is 35.9 Å². The third-order valence-corrected chi connectivity index (χ3v) is 6.90. The van der Waals surface area contributed by atoms with Crippen molar-refractivity contribution in [2.24, 2.45) is 5.92 Å². The minimum atomic E-state index is -0.0958. The average molecular weight is 430 g/mol. The van der Waals surface area contributed by atoms with Crippen LogP contribution < -0.4 is 9.64 Å². The molecule has 6 heteroatoms. The summed E-state index contributed by atoms with van der Waals surface area (Å²) in [6, 6.07) is 8.82. The van der Waals surface area contributed by atoms with Crippen LogP contribution in [0.5, 0.6) is 5.75 Å². The molecule has 1 aromatic carbocycles. The number of rotatable bonds is 8. The van der Waals surface area contributed by atoms with E-state index in [0.717, 1.165) is 64.4 Å². The molecule has 2 heterocycles.